The number of nitrogens with zero attached hydrogens (tertiary/aromatic N) is 1. The van der Waals surface area contributed by atoms with Gasteiger partial charge in [-0.1, -0.05) is 30.4 Å². The quantitative estimate of drug-likeness (QED) is 0.829. The van der Waals surface area contributed by atoms with Crippen molar-refractivity contribution in [3.63, 3.8) is 0 Å². The maximum atomic E-state index is 5.81. The summed E-state index contributed by atoms with van der Waals surface area (Å²) in [5.41, 5.74) is 7.25. The Bertz CT molecular complexity index is 640. The van der Waals surface area contributed by atoms with E-state index in [0.29, 0.717) is 11.5 Å². The van der Waals surface area contributed by atoms with Crippen LogP contribution in [0.4, 0.5) is 5.82 Å². The maximum Gasteiger partial charge on any atom is 0.127 e. The van der Waals surface area contributed by atoms with Crippen LogP contribution in [0.15, 0.2) is 30.3 Å². The first-order chi connectivity index (χ1) is 9.43. The lowest BCUT2D eigenvalue weighted by molar-refractivity contribution is 0.0343. The second kappa shape index (κ2) is 5.73. The van der Waals surface area contributed by atoms with Gasteiger partial charge >= 0.3 is 0 Å². The molecule has 0 aliphatic heterocycles. The van der Waals surface area contributed by atoms with E-state index in [9.17, 15) is 0 Å². The summed E-state index contributed by atoms with van der Waals surface area (Å²) >= 11 is 5.13. The third-order valence-corrected chi connectivity index (χ3v) is 3.45. The van der Waals surface area contributed by atoms with E-state index >= 15 is 0 Å². The van der Waals surface area contributed by atoms with Gasteiger partial charge in [-0.3, -0.25) is 0 Å². The van der Waals surface area contributed by atoms with Crippen LogP contribution in [-0.2, 0) is 4.74 Å². The van der Waals surface area contributed by atoms with Gasteiger partial charge in [-0.2, -0.15) is 0 Å². The summed E-state index contributed by atoms with van der Waals surface area (Å²) in [5.74, 6) is 0.747. The molecule has 0 amide bonds. The van der Waals surface area contributed by atoms with Gasteiger partial charge in [0.05, 0.1) is 11.1 Å². The summed E-state index contributed by atoms with van der Waals surface area (Å²) in [6.45, 7) is 4.66. The Morgan fingerprint density at radius 1 is 1.40 bits per heavy atom. The molecule has 1 heterocycles. The molecule has 1 aromatic heterocycles. The number of benzene rings is 1. The van der Waals surface area contributed by atoms with Gasteiger partial charge in [0.25, 0.3) is 0 Å². The van der Waals surface area contributed by atoms with Gasteiger partial charge in [0, 0.05) is 24.6 Å². The van der Waals surface area contributed by atoms with Crippen molar-refractivity contribution in [3.8, 4) is 0 Å². The SMILES string of the molecule is COC(C)(C)CNc1cc(C(N)=S)c2ccccc2n1. The standard InChI is InChI=1S/C15H19N3OS/c1-15(2,19-3)9-17-13-8-11(14(16)20)10-6-4-5-7-12(10)18-13/h4-8H,9H2,1-3H3,(H2,16,20)(H,17,18). The summed E-state index contributed by atoms with van der Waals surface area (Å²) in [5, 5.41) is 4.24. The molecule has 0 aliphatic carbocycles. The predicted octanol–water partition coefficient (Wildman–Crippen LogP) is 2.71. The zero-order chi connectivity index (χ0) is 14.8. The highest BCUT2D eigenvalue weighted by Crippen LogP contribution is 2.21. The molecule has 2 rings (SSSR count). The molecule has 0 atom stereocenters. The van der Waals surface area contributed by atoms with Crippen molar-refractivity contribution in [1.82, 2.24) is 4.98 Å². The van der Waals surface area contributed by atoms with E-state index in [1.165, 1.54) is 0 Å². The van der Waals surface area contributed by atoms with Crippen LogP contribution in [-0.4, -0.2) is 29.2 Å². The van der Waals surface area contributed by atoms with Crippen molar-refractivity contribution >= 4 is 33.9 Å². The molecule has 0 unspecified atom stereocenters. The fourth-order valence-electron chi connectivity index (χ4n) is 1.85. The molecule has 0 fully saturated rings. The normalized spacial score (nSPS) is 11.6. The number of hydrogen-bond donors (Lipinski definition) is 2. The number of para-hydroxylation sites is 1. The van der Waals surface area contributed by atoms with Gasteiger partial charge in [0.2, 0.25) is 0 Å². The smallest absolute Gasteiger partial charge is 0.127 e. The minimum atomic E-state index is -0.267. The number of hydrogen-bond acceptors (Lipinski definition) is 4. The van der Waals surface area contributed by atoms with E-state index < -0.39 is 0 Å². The van der Waals surface area contributed by atoms with Crippen LogP contribution in [0.3, 0.4) is 0 Å². The molecule has 0 bridgehead atoms. The van der Waals surface area contributed by atoms with Crippen molar-refractivity contribution in [2.75, 3.05) is 19.0 Å². The van der Waals surface area contributed by atoms with Gasteiger partial charge in [-0.05, 0) is 26.0 Å². The Morgan fingerprint density at radius 2 is 2.10 bits per heavy atom. The Labute approximate surface area is 124 Å². The summed E-state index contributed by atoms with van der Waals surface area (Å²) < 4.78 is 5.38. The number of thiocarbonyl (C=S) groups is 1. The molecule has 0 aliphatic rings. The molecule has 4 nitrogen and oxygen atoms in total. The van der Waals surface area contributed by atoms with Crippen molar-refractivity contribution in [3.05, 3.63) is 35.9 Å². The van der Waals surface area contributed by atoms with E-state index in [1.54, 1.807) is 7.11 Å². The topological polar surface area (TPSA) is 60.2 Å². The number of aromatic nitrogens is 1. The number of rotatable bonds is 5. The average molecular weight is 289 g/mol. The number of anilines is 1. The first-order valence-electron chi connectivity index (χ1n) is 6.41. The van der Waals surface area contributed by atoms with Crippen LogP contribution in [0, 0.1) is 0 Å². The lowest BCUT2D eigenvalue weighted by Crippen LogP contribution is -2.32. The summed E-state index contributed by atoms with van der Waals surface area (Å²) in [6, 6.07) is 9.70. The molecule has 106 valence electrons. The van der Waals surface area contributed by atoms with E-state index in [0.717, 1.165) is 22.3 Å². The van der Waals surface area contributed by atoms with Gasteiger partial charge in [-0.15, -0.1) is 0 Å². The zero-order valence-electron chi connectivity index (χ0n) is 11.9. The number of ether oxygens (including phenoxy) is 1. The fraction of sp³-hybridized carbons (Fsp3) is 0.333. The molecule has 2 aromatic rings. The number of nitrogens with two attached hydrogens (primary N) is 1. The van der Waals surface area contributed by atoms with Crippen LogP contribution in [0.5, 0.6) is 0 Å². The van der Waals surface area contributed by atoms with Crippen LogP contribution < -0.4 is 11.1 Å². The summed E-state index contributed by atoms with van der Waals surface area (Å²) in [6.07, 6.45) is 0. The van der Waals surface area contributed by atoms with E-state index in [1.807, 2.05) is 44.2 Å². The number of fused-ring (bicyclic) bond motifs is 1. The number of methoxy groups -OCH3 is 1. The minimum absolute atomic E-state index is 0.267. The van der Waals surface area contributed by atoms with E-state index in [-0.39, 0.29) is 5.60 Å². The first-order valence-corrected chi connectivity index (χ1v) is 6.82. The highest BCUT2D eigenvalue weighted by molar-refractivity contribution is 7.80. The Kier molecular flexibility index (Phi) is 4.20. The molecule has 20 heavy (non-hydrogen) atoms. The van der Waals surface area contributed by atoms with Crippen LogP contribution in [0.1, 0.15) is 19.4 Å². The molecular formula is C15H19N3OS. The number of pyridine rings is 1. The molecular weight excluding hydrogens is 270 g/mol. The second-order valence-corrected chi connectivity index (χ2v) is 5.69. The molecule has 5 heteroatoms. The molecule has 0 saturated heterocycles. The predicted molar refractivity (Wildman–Crippen MR) is 87.2 cm³/mol. The Morgan fingerprint density at radius 3 is 2.75 bits per heavy atom. The molecule has 1 aromatic carbocycles. The highest BCUT2D eigenvalue weighted by atomic mass is 32.1. The third kappa shape index (κ3) is 3.23. The monoisotopic (exact) mass is 289 g/mol. The maximum absolute atomic E-state index is 5.81. The first kappa shape index (κ1) is 14.7. The highest BCUT2D eigenvalue weighted by Gasteiger charge is 2.16. The Balaban J connectivity index is 2.38. The Hall–Kier alpha value is -1.72. The molecule has 0 saturated carbocycles. The second-order valence-electron chi connectivity index (χ2n) is 5.25. The van der Waals surface area contributed by atoms with E-state index in [2.05, 4.69) is 10.3 Å². The van der Waals surface area contributed by atoms with Gasteiger partial charge in [0.1, 0.15) is 10.8 Å². The van der Waals surface area contributed by atoms with Crippen molar-refractivity contribution in [1.29, 1.82) is 0 Å². The summed E-state index contributed by atoms with van der Waals surface area (Å²) in [7, 11) is 1.69. The average Bonchev–Trinajstić information content (AvgIpc) is 2.44. The van der Waals surface area contributed by atoms with Crippen LogP contribution in [0.25, 0.3) is 10.9 Å². The van der Waals surface area contributed by atoms with Crippen LogP contribution >= 0.6 is 12.2 Å². The minimum Gasteiger partial charge on any atom is -0.389 e. The molecule has 0 spiro atoms. The van der Waals surface area contributed by atoms with Crippen molar-refractivity contribution in [2.45, 2.75) is 19.4 Å². The lowest BCUT2D eigenvalue weighted by Gasteiger charge is -2.23. The molecule has 0 radical (unpaired) electrons. The largest absolute Gasteiger partial charge is 0.389 e. The zero-order valence-corrected chi connectivity index (χ0v) is 12.8. The number of nitrogens with one attached hydrogen (secondary N) is 1. The lowest BCUT2D eigenvalue weighted by atomic mass is 10.1. The fourth-order valence-corrected chi connectivity index (χ4v) is 2.01. The van der Waals surface area contributed by atoms with Crippen LogP contribution in [0.2, 0.25) is 0 Å². The summed E-state index contributed by atoms with van der Waals surface area (Å²) in [4.78, 5) is 4.95. The molecule has 3 N–H and O–H groups in total. The van der Waals surface area contributed by atoms with Crippen molar-refractivity contribution < 1.29 is 4.74 Å². The van der Waals surface area contributed by atoms with Gasteiger partial charge in [-0.25, -0.2) is 4.98 Å². The van der Waals surface area contributed by atoms with Gasteiger partial charge < -0.3 is 15.8 Å². The van der Waals surface area contributed by atoms with Gasteiger partial charge in [0.15, 0.2) is 0 Å². The van der Waals surface area contributed by atoms with E-state index in [4.69, 9.17) is 22.7 Å². The third-order valence-electron chi connectivity index (χ3n) is 3.23. The van der Waals surface area contributed by atoms with Crippen molar-refractivity contribution in [2.24, 2.45) is 5.73 Å².